The fourth-order valence-corrected chi connectivity index (χ4v) is 1.78. The summed E-state index contributed by atoms with van der Waals surface area (Å²) in [6.07, 6.45) is 0.377. The van der Waals surface area contributed by atoms with E-state index in [1.807, 2.05) is 0 Å². The van der Waals surface area contributed by atoms with Crippen LogP contribution in [0.2, 0.25) is 0 Å². The molecule has 0 aliphatic rings. The Kier molecular flexibility index (Phi) is 7.89. The number of aliphatic carboxylic acids is 2. The van der Waals surface area contributed by atoms with Crippen molar-refractivity contribution >= 4 is 35.4 Å². The van der Waals surface area contributed by atoms with Gasteiger partial charge in [-0.1, -0.05) is 6.07 Å². The Labute approximate surface area is 138 Å². The van der Waals surface area contributed by atoms with Crippen LogP contribution in [-0.2, 0) is 19.2 Å². The van der Waals surface area contributed by atoms with Crippen molar-refractivity contribution in [1.82, 2.24) is 4.98 Å². The molecule has 9 heteroatoms. The number of hydrogen-bond acceptors (Lipinski definition) is 5. The number of pyridine rings is 1. The topological polar surface area (TPSA) is 146 Å². The molecule has 2 amide bonds. The Hall–Kier alpha value is -2.97. The van der Waals surface area contributed by atoms with Crippen LogP contribution in [0.3, 0.4) is 0 Å². The lowest BCUT2D eigenvalue weighted by atomic mass is 10.2. The quantitative estimate of drug-likeness (QED) is 0.505. The zero-order valence-corrected chi connectivity index (χ0v) is 12.9. The van der Waals surface area contributed by atoms with Crippen LogP contribution in [0, 0.1) is 0 Å². The Morgan fingerprint density at radius 1 is 0.792 bits per heavy atom. The van der Waals surface area contributed by atoms with E-state index in [9.17, 15) is 19.2 Å². The molecule has 130 valence electrons. The van der Waals surface area contributed by atoms with Gasteiger partial charge in [-0.2, -0.15) is 0 Å². The molecule has 0 aliphatic carbocycles. The molecule has 0 aromatic carbocycles. The zero-order chi connectivity index (χ0) is 17.9. The lowest BCUT2D eigenvalue weighted by Gasteiger charge is -2.07. The van der Waals surface area contributed by atoms with Gasteiger partial charge in [0.05, 0.1) is 0 Å². The van der Waals surface area contributed by atoms with Crippen LogP contribution in [0.25, 0.3) is 0 Å². The van der Waals surface area contributed by atoms with Gasteiger partial charge in [-0.05, 0) is 25.0 Å². The third kappa shape index (κ3) is 8.47. The Morgan fingerprint density at radius 3 is 1.58 bits per heavy atom. The Balaban J connectivity index is 2.45. The molecule has 1 aromatic heterocycles. The molecule has 1 heterocycles. The van der Waals surface area contributed by atoms with Gasteiger partial charge in [0.15, 0.2) is 0 Å². The monoisotopic (exact) mass is 337 g/mol. The summed E-state index contributed by atoms with van der Waals surface area (Å²) in [6.45, 7) is 0. The van der Waals surface area contributed by atoms with Crippen LogP contribution in [-0.4, -0.2) is 39.0 Å². The second-order valence-electron chi connectivity index (χ2n) is 5.00. The maximum absolute atomic E-state index is 11.6. The van der Waals surface area contributed by atoms with E-state index in [2.05, 4.69) is 15.6 Å². The Bertz CT molecular complexity index is 568. The van der Waals surface area contributed by atoms with Crippen molar-refractivity contribution in [2.75, 3.05) is 10.6 Å². The van der Waals surface area contributed by atoms with Gasteiger partial charge in [-0.25, -0.2) is 4.98 Å². The summed E-state index contributed by atoms with van der Waals surface area (Å²) in [6, 6.07) is 4.66. The average molecular weight is 337 g/mol. The lowest BCUT2D eigenvalue weighted by molar-refractivity contribution is -0.138. The van der Waals surface area contributed by atoms with Gasteiger partial charge < -0.3 is 20.8 Å². The fraction of sp³-hybridized carbons (Fsp3) is 0.400. The highest BCUT2D eigenvalue weighted by Gasteiger charge is 2.08. The fourth-order valence-electron chi connectivity index (χ4n) is 1.78. The van der Waals surface area contributed by atoms with Crippen molar-refractivity contribution in [1.29, 1.82) is 0 Å². The second-order valence-corrected chi connectivity index (χ2v) is 5.00. The number of carboxylic acids is 2. The van der Waals surface area contributed by atoms with E-state index in [1.165, 1.54) is 12.1 Å². The summed E-state index contributed by atoms with van der Waals surface area (Å²) < 4.78 is 0. The SMILES string of the molecule is O=C(O)CCCC(=O)Nc1cccc(NC(=O)CCCC(=O)O)n1. The maximum atomic E-state index is 11.6. The molecular weight excluding hydrogens is 318 g/mol. The van der Waals surface area contributed by atoms with Crippen LogP contribution in [0.4, 0.5) is 11.6 Å². The molecule has 0 aliphatic heterocycles. The van der Waals surface area contributed by atoms with Gasteiger partial charge in [0.2, 0.25) is 11.8 Å². The number of amides is 2. The molecule has 0 radical (unpaired) electrons. The van der Waals surface area contributed by atoms with Crippen molar-refractivity contribution < 1.29 is 29.4 Å². The highest BCUT2D eigenvalue weighted by molar-refractivity contribution is 5.92. The molecule has 1 rings (SSSR count). The molecule has 0 saturated carbocycles. The van der Waals surface area contributed by atoms with Crippen molar-refractivity contribution in [3.8, 4) is 0 Å². The summed E-state index contributed by atoms with van der Waals surface area (Å²) in [5.41, 5.74) is 0. The first-order valence-electron chi connectivity index (χ1n) is 7.37. The van der Waals surface area contributed by atoms with E-state index in [0.29, 0.717) is 0 Å². The average Bonchev–Trinajstić information content (AvgIpc) is 2.46. The molecule has 9 nitrogen and oxygen atoms in total. The third-order valence-electron chi connectivity index (χ3n) is 2.87. The number of hydrogen-bond donors (Lipinski definition) is 4. The smallest absolute Gasteiger partial charge is 0.303 e. The highest BCUT2D eigenvalue weighted by atomic mass is 16.4. The minimum atomic E-state index is -0.964. The summed E-state index contributed by atoms with van der Waals surface area (Å²) in [5.74, 6) is -2.19. The zero-order valence-electron chi connectivity index (χ0n) is 12.9. The number of anilines is 2. The molecule has 4 N–H and O–H groups in total. The normalized spacial score (nSPS) is 10.0. The summed E-state index contributed by atoms with van der Waals surface area (Å²) in [4.78, 5) is 48.1. The molecule has 0 atom stereocenters. The summed E-state index contributed by atoms with van der Waals surface area (Å²) in [7, 11) is 0. The van der Waals surface area contributed by atoms with Crippen LogP contribution in [0.5, 0.6) is 0 Å². The van der Waals surface area contributed by atoms with Crippen LogP contribution >= 0.6 is 0 Å². The van der Waals surface area contributed by atoms with Crippen LogP contribution in [0.1, 0.15) is 38.5 Å². The van der Waals surface area contributed by atoms with E-state index in [1.54, 1.807) is 6.07 Å². The number of nitrogens with one attached hydrogen (secondary N) is 2. The molecule has 0 saturated heterocycles. The second kappa shape index (κ2) is 9.93. The van der Waals surface area contributed by atoms with E-state index in [4.69, 9.17) is 10.2 Å². The molecular formula is C15H19N3O6. The van der Waals surface area contributed by atoms with E-state index < -0.39 is 11.9 Å². The number of carboxylic acid groups (broad SMARTS) is 2. The Morgan fingerprint density at radius 2 is 1.21 bits per heavy atom. The van der Waals surface area contributed by atoms with Gasteiger partial charge in [0, 0.05) is 25.7 Å². The standard InChI is InChI=1S/C15H19N3O6/c19-12(6-2-8-14(21)22)17-10-4-1-5-11(16-10)18-13(20)7-3-9-15(23)24/h1,4-5H,2-3,6-9H2,(H,21,22)(H,23,24)(H2,16,17,18,19,20). The first-order chi connectivity index (χ1) is 11.4. The number of aromatic nitrogens is 1. The number of carbonyl (C=O) groups is 4. The summed E-state index contributed by atoms with van der Waals surface area (Å²) in [5, 5.41) is 22.1. The first-order valence-corrected chi connectivity index (χ1v) is 7.37. The maximum Gasteiger partial charge on any atom is 0.303 e. The highest BCUT2D eigenvalue weighted by Crippen LogP contribution is 2.11. The number of nitrogens with zero attached hydrogens (tertiary/aromatic N) is 1. The van der Waals surface area contributed by atoms with E-state index in [-0.39, 0.29) is 62.0 Å². The minimum Gasteiger partial charge on any atom is -0.481 e. The van der Waals surface area contributed by atoms with E-state index >= 15 is 0 Å². The van der Waals surface area contributed by atoms with Crippen molar-refractivity contribution in [3.63, 3.8) is 0 Å². The molecule has 0 fully saturated rings. The molecule has 1 aromatic rings. The van der Waals surface area contributed by atoms with Gasteiger partial charge in [-0.3, -0.25) is 19.2 Å². The van der Waals surface area contributed by atoms with Crippen molar-refractivity contribution in [2.45, 2.75) is 38.5 Å². The predicted octanol–water partition coefficient (Wildman–Crippen LogP) is 1.47. The molecule has 24 heavy (non-hydrogen) atoms. The van der Waals surface area contributed by atoms with E-state index in [0.717, 1.165) is 0 Å². The van der Waals surface area contributed by atoms with Gasteiger partial charge >= 0.3 is 11.9 Å². The number of rotatable bonds is 10. The lowest BCUT2D eigenvalue weighted by Crippen LogP contribution is -2.15. The van der Waals surface area contributed by atoms with Gasteiger partial charge in [0.1, 0.15) is 11.6 Å². The first kappa shape index (κ1) is 19.1. The molecule has 0 unspecified atom stereocenters. The minimum absolute atomic E-state index is 0.0553. The van der Waals surface area contributed by atoms with Gasteiger partial charge in [-0.15, -0.1) is 0 Å². The van der Waals surface area contributed by atoms with Crippen molar-refractivity contribution in [3.05, 3.63) is 18.2 Å². The molecule has 0 bridgehead atoms. The largest absolute Gasteiger partial charge is 0.481 e. The predicted molar refractivity (Wildman–Crippen MR) is 84.5 cm³/mol. The van der Waals surface area contributed by atoms with Gasteiger partial charge in [0.25, 0.3) is 0 Å². The van der Waals surface area contributed by atoms with Crippen molar-refractivity contribution in [2.24, 2.45) is 0 Å². The third-order valence-corrected chi connectivity index (χ3v) is 2.87. The summed E-state index contributed by atoms with van der Waals surface area (Å²) >= 11 is 0. The number of carbonyl (C=O) groups excluding carboxylic acids is 2. The van der Waals surface area contributed by atoms with Crippen LogP contribution < -0.4 is 10.6 Å². The molecule has 0 spiro atoms. The van der Waals surface area contributed by atoms with Crippen LogP contribution in [0.15, 0.2) is 18.2 Å².